The molecule has 6 rings (SSSR count). The number of ketones is 1. The van der Waals surface area contributed by atoms with Gasteiger partial charge in [0.05, 0.1) is 23.2 Å². The number of nitrogens with one attached hydrogen (secondary N) is 2. The van der Waals surface area contributed by atoms with Gasteiger partial charge in [-0.1, -0.05) is 55.0 Å². The van der Waals surface area contributed by atoms with Crippen molar-refractivity contribution in [2.45, 2.75) is 49.8 Å². The largest absolute Gasteiger partial charge is 0.357 e. The molecule has 1 unspecified atom stereocenters. The third-order valence-electron chi connectivity index (χ3n) is 7.61. The van der Waals surface area contributed by atoms with Crippen LogP contribution in [0.1, 0.15) is 49.3 Å². The maximum atomic E-state index is 13.8. The van der Waals surface area contributed by atoms with Gasteiger partial charge in [0.2, 0.25) is 5.91 Å². The number of hydrogen-bond acceptors (Lipinski definition) is 5. The van der Waals surface area contributed by atoms with E-state index in [1.165, 1.54) is 24.6 Å². The smallest absolute Gasteiger partial charge is 0.224 e. The lowest BCUT2D eigenvalue weighted by Gasteiger charge is -2.35. The maximum absolute atomic E-state index is 13.8. The lowest BCUT2D eigenvalue weighted by Crippen LogP contribution is -2.42. The van der Waals surface area contributed by atoms with Gasteiger partial charge in [-0.05, 0) is 35.9 Å². The molecule has 0 spiro atoms. The number of carbonyl (C=O) groups is 2. The van der Waals surface area contributed by atoms with Crippen LogP contribution in [0, 0.1) is 0 Å². The van der Waals surface area contributed by atoms with E-state index < -0.39 is 0 Å². The van der Waals surface area contributed by atoms with Crippen molar-refractivity contribution in [3.05, 3.63) is 83.2 Å². The maximum Gasteiger partial charge on any atom is 0.224 e. The molecule has 0 radical (unpaired) electrons. The summed E-state index contributed by atoms with van der Waals surface area (Å²) in [6.45, 7) is 2.26. The Balaban J connectivity index is 1.09. The highest BCUT2D eigenvalue weighted by atomic mass is 32.2. The molecule has 0 saturated heterocycles. The molecule has 1 saturated carbocycles. The Labute approximate surface area is 221 Å². The van der Waals surface area contributed by atoms with Crippen molar-refractivity contribution in [3.63, 3.8) is 0 Å². The lowest BCUT2D eigenvalue weighted by atomic mass is 9.86. The highest BCUT2D eigenvalue weighted by molar-refractivity contribution is 8.14. The highest BCUT2D eigenvalue weighted by Crippen LogP contribution is 2.41. The Bertz CT molecular complexity index is 1340. The summed E-state index contributed by atoms with van der Waals surface area (Å²) >= 11 is 1.79. The van der Waals surface area contributed by atoms with Gasteiger partial charge in [0.1, 0.15) is 0 Å². The van der Waals surface area contributed by atoms with Gasteiger partial charge >= 0.3 is 0 Å². The van der Waals surface area contributed by atoms with Crippen LogP contribution in [0.3, 0.4) is 0 Å². The average Bonchev–Trinajstić information content (AvgIpc) is 3.32. The van der Waals surface area contributed by atoms with Crippen LogP contribution in [0.15, 0.2) is 76.9 Å². The van der Waals surface area contributed by atoms with E-state index >= 15 is 0 Å². The van der Waals surface area contributed by atoms with E-state index in [1.54, 1.807) is 11.8 Å². The van der Waals surface area contributed by atoms with Crippen molar-refractivity contribution in [2.75, 3.05) is 19.6 Å². The molecule has 1 aliphatic carbocycles. The second-order valence-corrected chi connectivity index (χ2v) is 11.4. The number of carbonyl (C=O) groups excluding carboxylic acids is 2. The Kier molecular flexibility index (Phi) is 6.98. The molecule has 3 heterocycles. The Hall–Kier alpha value is -3.16. The van der Waals surface area contributed by atoms with E-state index in [4.69, 9.17) is 4.99 Å². The number of aromatic amines is 1. The fourth-order valence-electron chi connectivity index (χ4n) is 5.29. The Morgan fingerprint density at radius 3 is 2.70 bits per heavy atom. The van der Waals surface area contributed by atoms with Crippen LogP contribution in [0.4, 0.5) is 0 Å². The Morgan fingerprint density at radius 1 is 1.11 bits per heavy atom. The molecule has 6 nitrogen and oxygen atoms in total. The summed E-state index contributed by atoms with van der Waals surface area (Å²) in [5.41, 5.74) is 4.83. The third kappa shape index (κ3) is 5.15. The summed E-state index contributed by atoms with van der Waals surface area (Å²) in [7, 11) is 0. The summed E-state index contributed by atoms with van der Waals surface area (Å²) in [5, 5.41) is 6.08. The summed E-state index contributed by atoms with van der Waals surface area (Å²) < 4.78 is 0. The van der Waals surface area contributed by atoms with E-state index in [2.05, 4.69) is 28.5 Å². The molecule has 1 atom stereocenters. The van der Waals surface area contributed by atoms with Crippen molar-refractivity contribution >= 4 is 39.4 Å². The molecule has 7 heteroatoms. The average molecular weight is 513 g/mol. The number of amides is 1. The number of fused-ring (bicyclic) bond motifs is 1. The van der Waals surface area contributed by atoms with Crippen molar-refractivity contribution in [1.82, 2.24) is 15.2 Å². The molecule has 3 aliphatic rings. The van der Waals surface area contributed by atoms with Crippen LogP contribution in [0.2, 0.25) is 0 Å². The molecular formula is C30H32N4O2S. The van der Waals surface area contributed by atoms with E-state index in [0.717, 1.165) is 33.1 Å². The van der Waals surface area contributed by atoms with Gasteiger partial charge in [-0.2, -0.15) is 0 Å². The summed E-state index contributed by atoms with van der Waals surface area (Å²) in [6, 6.07) is 20.3. The standard InChI is InChI=1S/C30H32N4O2S/c35-27(13-15-31-18-22-17-21-9-4-5-12-25(21)32-22)34-16-14-26-24(19-34)29(36)28(20-7-2-1-3-8-20)30(33-26)37-23-10-6-11-23/h1-5,7-9,12,17,23,28,31-32H,6,10-11,13-16,18-19H2. The molecular weight excluding hydrogens is 480 g/mol. The van der Waals surface area contributed by atoms with E-state index in [-0.39, 0.29) is 17.6 Å². The first-order valence-corrected chi connectivity index (χ1v) is 14.2. The molecule has 1 fully saturated rings. The lowest BCUT2D eigenvalue weighted by molar-refractivity contribution is -0.131. The van der Waals surface area contributed by atoms with E-state index in [0.29, 0.717) is 44.3 Å². The van der Waals surface area contributed by atoms with Crippen molar-refractivity contribution in [1.29, 1.82) is 0 Å². The number of para-hydroxylation sites is 1. The Morgan fingerprint density at radius 2 is 1.92 bits per heavy atom. The van der Waals surface area contributed by atoms with Crippen LogP contribution in [-0.4, -0.2) is 51.5 Å². The first-order valence-electron chi connectivity index (χ1n) is 13.3. The topological polar surface area (TPSA) is 77.6 Å². The molecule has 2 aliphatic heterocycles. The van der Waals surface area contributed by atoms with Gasteiger partial charge in [-0.25, -0.2) is 4.99 Å². The van der Waals surface area contributed by atoms with Crippen LogP contribution in [0.5, 0.6) is 0 Å². The molecule has 1 amide bonds. The number of rotatable bonds is 7. The van der Waals surface area contributed by atoms with Crippen LogP contribution in [-0.2, 0) is 16.1 Å². The second-order valence-electron chi connectivity index (χ2n) is 10.1. The van der Waals surface area contributed by atoms with E-state index in [9.17, 15) is 9.59 Å². The first kappa shape index (κ1) is 24.2. The SMILES string of the molecule is O=C1C2=C(CCN(C(=O)CCNCc3cc4ccccc4[nH]3)C2)N=C(SC2CCC2)C1c1ccccc1. The summed E-state index contributed by atoms with van der Waals surface area (Å²) in [5.74, 6) is -0.149. The van der Waals surface area contributed by atoms with Gasteiger partial charge in [0, 0.05) is 54.5 Å². The zero-order valence-electron chi connectivity index (χ0n) is 20.9. The number of benzene rings is 2. The third-order valence-corrected chi connectivity index (χ3v) is 8.98. The molecule has 1 aromatic heterocycles. The zero-order valence-corrected chi connectivity index (χ0v) is 21.7. The minimum absolute atomic E-state index is 0.0818. The number of nitrogens with zero attached hydrogens (tertiary/aromatic N) is 2. The predicted octanol–water partition coefficient (Wildman–Crippen LogP) is 5.18. The van der Waals surface area contributed by atoms with Crippen molar-refractivity contribution < 1.29 is 9.59 Å². The quantitative estimate of drug-likeness (QED) is 0.428. The van der Waals surface area contributed by atoms with Gasteiger partial charge < -0.3 is 15.2 Å². The molecule has 2 N–H and O–H groups in total. The molecule has 2 aromatic carbocycles. The minimum Gasteiger partial charge on any atom is -0.357 e. The van der Waals surface area contributed by atoms with Gasteiger partial charge in [-0.3, -0.25) is 9.59 Å². The van der Waals surface area contributed by atoms with Gasteiger partial charge in [0.25, 0.3) is 0 Å². The highest BCUT2D eigenvalue weighted by Gasteiger charge is 2.39. The monoisotopic (exact) mass is 512 g/mol. The van der Waals surface area contributed by atoms with Crippen LogP contribution < -0.4 is 5.32 Å². The van der Waals surface area contributed by atoms with Gasteiger partial charge in [0.15, 0.2) is 5.78 Å². The number of aliphatic imine (C=N–C) groups is 1. The predicted molar refractivity (Wildman–Crippen MR) is 150 cm³/mol. The summed E-state index contributed by atoms with van der Waals surface area (Å²) in [6.07, 6.45) is 4.71. The second kappa shape index (κ2) is 10.7. The zero-order chi connectivity index (χ0) is 25.2. The number of thioether (sulfide) groups is 1. The van der Waals surface area contributed by atoms with Crippen LogP contribution in [0.25, 0.3) is 10.9 Å². The molecule has 0 bridgehead atoms. The molecule has 3 aromatic rings. The first-order chi connectivity index (χ1) is 18.2. The molecule has 190 valence electrons. The number of aromatic nitrogens is 1. The fraction of sp³-hybridized carbons (Fsp3) is 0.367. The van der Waals surface area contributed by atoms with Crippen molar-refractivity contribution in [2.24, 2.45) is 4.99 Å². The molecule has 37 heavy (non-hydrogen) atoms. The van der Waals surface area contributed by atoms with E-state index in [1.807, 2.05) is 47.4 Å². The minimum atomic E-state index is -0.349. The number of Topliss-reactive ketones (excluding diaryl/α,β-unsaturated/α-hetero) is 1. The number of H-pyrrole nitrogens is 1. The summed E-state index contributed by atoms with van der Waals surface area (Å²) in [4.78, 5) is 37.1. The fourth-order valence-corrected chi connectivity index (χ4v) is 6.74. The van der Waals surface area contributed by atoms with Crippen molar-refractivity contribution in [3.8, 4) is 0 Å². The van der Waals surface area contributed by atoms with Gasteiger partial charge in [-0.15, -0.1) is 11.8 Å². The normalized spacial score (nSPS) is 20.1. The van der Waals surface area contributed by atoms with Crippen LogP contribution >= 0.6 is 11.8 Å². The number of hydrogen-bond donors (Lipinski definition) is 2.